The molecule has 1 saturated heterocycles. The molecule has 2 aliphatic rings. The van der Waals surface area contributed by atoms with Gasteiger partial charge in [0.15, 0.2) is 5.60 Å². The highest BCUT2D eigenvalue weighted by Crippen LogP contribution is 2.34. The SMILES string of the molecule is CN(C)C(=O)[C@@]1(Cc2ccc(-c3cccs3)cc2)CN(C(=O)C2CC2)CCO1. The van der Waals surface area contributed by atoms with Crippen molar-refractivity contribution in [2.24, 2.45) is 5.92 Å². The van der Waals surface area contributed by atoms with Crippen LogP contribution >= 0.6 is 11.3 Å². The fourth-order valence-electron chi connectivity index (χ4n) is 3.84. The van der Waals surface area contributed by atoms with Crippen molar-refractivity contribution in [1.29, 1.82) is 0 Å². The molecule has 28 heavy (non-hydrogen) atoms. The molecule has 2 aromatic rings. The van der Waals surface area contributed by atoms with E-state index in [1.165, 1.54) is 10.4 Å². The molecule has 0 unspecified atom stereocenters. The molecule has 0 radical (unpaired) electrons. The predicted molar refractivity (Wildman–Crippen MR) is 110 cm³/mol. The molecule has 0 bridgehead atoms. The highest BCUT2D eigenvalue weighted by Gasteiger charge is 2.47. The van der Waals surface area contributed by atoms with Crippen LogP contribution in [-0.2, 0) is 20.7 Å². The van der Waals surface area contributed by atoms with Gasteiger partial charge < -0.3 is 14.5 Å². The molecular formula is C22H26N2O3S. The van der Waals surface area contributed by atoms with Gasteiger partial charge in [-0.25, -0.2) is 0 Å². The molecule has 0 N–H and O–H groups in total. The minimum Gasteiger partial charge on any atom is -0.361 e. The van der Waals surface area contributed by atoms with Crippen LogP contribution in [-0.4, -0.2) is 61.0 Å². The second-order valence-electron chi connectivity index (χ2n) is 7.93. The summed E-state index contributed by atoms with van der Waals surface area (Å²) in [5.74, 6) is 0.241. The summed E-state index contributed by atoms with van der Waals surface area (Å²) >= 11 is 1.71. The summed E-state index contributed by atoms with van der Waals surface area (Å²) in [6, 6.07) is 12.4. The van der Waals surface area contributed by atoms with Crippen molar-refractivity contribution in [1.82, 2.24) is 9.80 Å². The van der Waals surface area contributed by atoms with Crippen LogP contribution in [0.25, 0.3) is 10.4 Å². The maximum Gasteiger partial charge on any atom is 0.256 e. The fourth-order valence-corrected chi connectivity index (χ4v) is 4.57. The number of nitrogens with zero attached hydrogens (tertiary/aromatic N) is 2. The summed E-state index contributed by atoms with van der Waals surface area (Å²) in [4.78, 5) is 30.3. The van der Waals surface area contributed by atoms with E-state index >= 15 is 0 Å². The molecule has 0 spiro atoms. The number of hydrogen-bond donors (Lipinski definition) is 0. The number of thiophene rings is 1. The Hall–Kier alpha value is -2.18. The molecular weight excluding hydrogens is 372 g/mol. The van der Waals surface area contributed by atoms with E-state index < -0.39 is 5.60 Å². The van der Waals surface area contributed by atoms with E-state index in [1.807, 2.05) is 11.0 Å². The molecule has 2 fully saturated rings. The summed E-state index contributed by atoms with van der Waals surface area (Å²) in [6.45, 7) is 1.28. The van der Waals surface area contributed by atoms with Crippen LogP contribution in [0.5, 0.6) is 0 Å². The number of amides is 2. The third kappa shape index (κ3) is 3.84. The van der Waals surface area contributed by atoms with Crippen LogP contribution in [0.15, 0.2) is 41.8 Å². The number of ether oxygens (including phenoxy) is 1. The lowest BCUT2D eigenvalue weighted by molar-refractivity contribution is -0.173. The summed E-state index contributed by atoms with van der Waals surface area (Å²) in [5, 5.41) is 2.06. The lowest BCUT2D eigenvalue weighted by atomic mass is 9.90. The maximum atomic E-state index is 13.1. The first kappa shape index (κ1) is 19.2. The van der Waals surface area contributed by atoms with E-state index in [4.69, 9.17) is 4.74 Å². The van der Waals surface area contributed by atoms with Crippen LogP contribution in [0.2, 0.25) is 0 Å². The minimum atomic E-state index is -1.02. The van der Waals surface area contributed by atoms with Crippen LogP contribution in [0, 0.1) is 5.92 Å². The molecule has 5 nitrogen and oxygen atoms in total. The Morgan fingerprint density at radius 2 is 1.96 bits per heavy atom. The highest BCUT2D eigenvalue weighted by molar-refractivity contribution is 7.13. The van der Waals surface area contributed by atoms with Gasteiger partial charge in [0.25, 0.3) is 5.91 Å². The Kier molecular flexibility index (Phi) is 5.25. The van der Waals surface area contributed by atoms with Gasteiger partial charge in [-0.15, -0.1) is 11.3 Å². The Morgan fingerprint density at radius 1 is 1.21 bits per heavy atom. The molecule has 1 aliphatic carbocycles. The number of likely N-dealkylation sites (N-methyl/N-ethyl adjacent to an activating group) is 1. The summed E-state index contributed by atoms with van der Waals surface area (Å²) in [6.07, 6.45) is 2.40. The first-order valence-electron chi connectivity index (χ1n) is 9.76. The topological polar surface area (TPSA) is 49.9 Å². The smallest absolute Gasteiger partial charge is 0.256 e. The third-order valence-corrected chi connectivity index (χ3v) is 6.39. The zero-order chi connectivity index (χ0) is 19.7. The molecule has 2 heterocycles. The van der Waals surface area contributed by atoms with Gasteiger partial charge in [0.05, 0.1) is 13.2 Å². The molecule has 1 aliphatic heterocycles. The zero-order valence-corrected chi connectivity index (χ0v) is 17.2. The number of hydrogen-bond acceptors (Lipinski definition) is 4. The molecule has 148 valence electrons. The van der Waals surface area contributed by atoms with Crippen molar-refractivity contribution >= 4 is 23.2 Å². The van der Waals surface area contributed by atoms with E-state index in [2.05, 4.69) is 35.7 Å². The molecule has 1 atom stereocenters. The van der Waals surface area contributed by atoms with Gasteiger partial charge in [-0.3, -0.25) is 9.59 Å². The average Bonchev–Trinajstić information content (AvgIpc) is 3.41. The first-order chi connectivity index (χ1) is 13.5. The van der Waals surface area contributed by atoms with Crippen LogP contribution in [0.1, 0.15) is 18.4 Å². The van der Waals surface area contributed by atoms with Crippen LogP contribution < -0.4 is 0 Å². The number of morpholine rings is 1. The second kappa shape index (κ2) is 7.68. The van der Waals surface area contributed by atoms with Gasteiger partial charge in [-0.1, -0.05) is 30.3 Å². The van der Waals surface area contributed by atoms with E-state index in [9.17, 15) is 9.59 Å². The van der Waals surface area contributed by atoms with E-state index in [-0.39, 0.29) is 17.7 Å². The standard InChI is InChI=1S/C22H26N2O3S/c1-23(2)21(26)22(15-24(11-12-27-22)20(25)18-9-10-18)14-16-5-7-17(8-6-16)19-4-3-13-28-19/h3-8,13,18H,9-12,14-15H2,1-2H3/t22-/m1/s1. The van der Waals surface area contributed by atoms with Gasteiger partial charge in [0.2, 0.25) is 5.91 Å². The molecule has 6 heteroatoms. The minimum absolute atomic E-state index is 0.0804. The van der Waals surface area contributed by atoms with Gasteiger partial charge in [-0.2, -0.15) is 0 Å². The normalized spacial score (nSPS) is 22.1. The maximum absolute atomic E-state index is 13.1. The Bertz CT molecular complexity index is 843. The second-order valence-corrected chi connectivity index (χ2v) is 8.88. The molecule has 2 amide bonds. The zero-order valence-electron chi connectivity index (χ0n) is 16.4. The number of benzene rings is 1. The number of carbonyl (C=O) groups is 2. The molecule has 1 saturated carbocycles. The van der Waals surface area contributed by atoms with Crippen LogP contribution in [0.4, 0.5) is 0 Å². The summed E-state index contributed by atoms with van der Waals surface area (Å²) in [7, 11) is 3.49. The van der Waals surface area contributed by atoms with Crippen LogP contribution in [0.3, 0.4) is 0 Å². The Labute approximate surface area is 169 Å². The highest BCUT2D eigenvalue weighted by atomic mass is 32.1. The molecule has 4 rings (SSSR count). The first-order valence-corrected chi connectivity index (χ1v) is 10.6. The lowest BCUT2D eigenvalue weighted by Crippen LogP contribution is -2.62. The van der Waals surface area contributed by atoms with Crippen molar-refractivity contribution < 1.29 is 14.3 Å². The lowest BCUT2D eigenvalue weighted by Gasteiger charge is -2.43. The molecule has 1 aromatic carbocycles. The summed E-state index contributed by atoms with van der Waals surface area (Å²) in [5.41, 5.74) is 1.19. The van der Waals surface area contributed by atoms with Gasteiger partial charge >= 0.3 is 0 Å². The van der Waals surface area contributed by atoms with Gasteiger partial charge in [-0.05, 0) is 35.4 Å². The Morgan fingerprint density at radius 3 is 2.57 bits per heavy atom. The fraction of sp³-hybridized carbons (Fsp3) is 0.455. The van der Waals surface area contributed by atoms with Gasteiger partial charge in [0, 0.05) is 37.9 Å². The average molecular weight is 399 g/mol. The van der Waals surface area contributed by atoms with Crippen molar-refractivity contribution in [3.05, 3.63) is 47.3 Å². The number of carbonyl (C=O) groups excluding carboxylic acids is 2. The third-order valence-electron chi connectivity index (χ3n) is 5.47. The predicted octanol–water partition coefficient (Wildman–Crippen LogP) is 3.05. The van der Waals surface area contributed by atoms with Gasteiger partial charge in [0.1, 0.15) is 0 Å². The quantitative estimate of drug-likeness (QED) is 0.778. The van der Waals surface area contributed by atoms with E-state index in [1.54, 1.807) is 30.3 Å². The molecule has 1 aromatic heterocycles. The van der Waals surface area contributed by atoms with Crippen molar-refractivity contribution in [2.45, 2.75) is 24.9 Å². The monoisotopic (exact) mass is 398 g/mol. The van der Waals surface area contributed by atoms with Crippen molar-refractivity contribution in [3.63, 3.8) is 0 Å². The van der Waals surface area contributed by atoms with Crippen molar-refractivity contribution in [3.8, 4) is 10.4 Å². The summed E-state index contributed by atoms with van der Waals surface area (Å²) < 4.78 is 6.09. The van der Waals surface area contributed by atoms with E-state index in [0.29, 0.717) is 26.1 Å². The Balaban J connectivity index is 1.57. The van der Waals surface area contributed by atoms with Crippen molar-refractivity contribution in [2.75, 3.05) is 33.8 Å². The largest absolute Gasteiger partial charge is 0.361 e. The van der Waals surface area contributed by atoms with E-state index in [0.717, 1.165) is 18.4 Å². The number of rotatable bonds is 5.